The van der Waals surface area contributed by atoms with E-state index in [1.807, 2.05) is 0 Å². The van der Waals surface area contributed by atoms with Gasteiger partial charge < -0.3 is 9.80 Å². The Bertz CT molecular complexity index is 316. The van der Waals surface area contributed by atoms with Gasteiger partial charge in [0.15, 0.2) is 0 Å². The lowest BCUT2D eigenvalue weighted by molar-refractivity contribution is -0.130. The molecule has 17 heavy (non-hydrogen) atoms. The van der Waals surface area contributed by atoms with Gasteiger partial charge in [0.2, 0.25) is 11.8 Å². The van der Waals surface area contributed by atoms with Crippen molar-refractivity contribution in [3.63, 3.8) is 0 Å². The van der Waals surface area contributed by atoms with E-state index in [-0.39, 0.29) is 18.3 Å². The van der Waals surface area contributed by atoms with Gasteiger partial charge in [-0.2, -0.15) is 0 Å². The van der Waals surface area contributed by atoms with Crippen LogP contribution in [0.5, 0.6) is 0 Å². The number of urea groups is 1. The summed E-state index contributed by atoms with van der Waals surface area (Å²) in [5.74, 6) is -0.949. The molecule has 1 rings (SSSR count). The molecule has 1 fully saturated rings. The van der Waals surface area contributed by atoms with Crippen LogP contribution in [0.2, 0.25) is 0 Å². The molecule has 1 aliphatic heterocycles. The van der Waals surface area contributed by atoms with E-state index in [1.54, 1.807) is 4.90 Å². The van der Waals surface area contributed by atoms with Crippen molar-refractivity contribution in [3.05, 3.63) is 0 Å². The maximum absolute atomic E-state index is 11.7. The van der Waals surface area contributed by atoms with E-state index < -0.39 is 11.9 Å². The first-order valence-corrected chi connectivity index (χ1v) is 5.96. The molecular weight excluding hydrogens is 246 g/mol. The topological polar surface area (TPSA) is 69.7 Å². The van der Waals surface area contributed by atoms with Crippen molar-refractivity contribution < 1.29 is 14.4 Å². The maximum atomic E-state index is 11.7. The average molecular weight is 262 g/mol. The third-order valence-corrected chi connectivity index (χ3v) is 2.79. The molecule has 7 heteroatoms. The van der Waals surface area contributed by atoms with Crippen LogP contribution in [0.3, 0.4) is 0 Å². The van der Waals surface area contributed by atoms with E-state index in [0.29, 0.717) is 0 Å². The van der Waals surface area contributed by atoms with Crippen LogP contribution in [0.1, 0.15) is 12.8 Å². The van der Waals surface area contributed by atoms with E-state index in [0.717, 1.165) is 25.9 Å². The largest absolute Gasteiger partial charge is 0.341 e. The first-order chi connectivity index (χ1) is 8.04. The third kappa shape index (κ3) is 4.22. The van der Waals surface area contributed by atoms with Gasteiger partial charge in [0, 0.05) is 20.1 Å². The Hall–Kier alpha value is -1.30. The second kappa shape index (κ2) is 6.44. The van der Waals surface area contributed by atoms with E-state index in [4.69, 9.17) is 11.6 Å². The van der Waals surface area contributed by atoms with E-state index in [1.165, 1.54) is 11.9 Å². The van der Waals surface area contributed by atoms with Gasteiger partial charge in [-0.1, -0.05) is 0 Å². The number of carbonyl (C=O) groups excluding carboxylic acids is 3. The van der Waals surface area contributed by atoms with Crippen molar-refractivity contribution in [3.8, 4) is 0 Å². The number of carbonyl (C=O) groups is 3. The Morgan fingerprint density at radius 3 is 2.41 bits per heavy atom. The van der Waals surface area contributed by atoms with Crippen molar-refractivity contribution in [1.29, 1.82) is 0 Å². The predicted octanol–water partition coefficient (Wildman–Crippen LogP) is 0.0156. The summed E-state index contributed by atoms with van der Waals surface area (Å²) in [6.45, 7) is 1.46. The summed E-state index contributed by atoms with van der Waals surface area (Å²) in [6, 6.07) is -0.608. The molecule has 0 atom stereocenters. The fourth-order valence-corrected chi connectivity index (χ4v) is 1.66. The van der Waals surface area contributed by atoms with Crippen LogP contribution < -0.4 is 5.32 Å². The molecule has 0 aromatic carbocycles. The number of rotatable bonds is 3. The second-order valence-corrected chi connectivity index (χ2v) is 4.20. The summed E-state index contributed by atoms with van der Waals surface area (Å²) < 4.78 is 0. The summed E-state index contributed by atoms with van der Waals surface area (Å²) in [4.78, 5) is 36.9. The molecule has 0 aliphatic carbocycles. The molecule has 96 valence electrons. The number of imide groups is 1. The summed E-state index contributed by atoms with van der Waals surface area (Å²) in [6.07, 6.45) is 2.01. The lowest BCUT2D eigenvalue weighted by Gasteiger charge is -2.21. The number of likely N-dealkylation sites (tertiary alicyclic amines) is 1. The lowest BCUT2D eigenvalue weighted by atomic mass is 10.4. The Kier molecular flexibility index (Phi) is 5.21. The zero-order valence-corrected chi connectivity index (χ0v) is 10.5. The van der Waals surface area contributed by atoms with Crippen molar-refractivity contribution in [1.82, 2.24) is 15.1 Å². The molecule has 0 aromatic rings. The van der Waals surface area contributed by atoms with Crippen LogP contribution in [0.4, 0.5) is 4.79 Å². The average Bonchev–Trinajstić information content (AvgIpc) is 2.82. The monoisotopic (exact) mass is 261 g/mol. The zero-order valence-electron chi connectivity index (χ0n) is 9.74. The fourth-order valence-electron chi connectivity index (χ4n) is 1.59. The molecule has 1 saturated heterocycles. The summed E-state index contributed by atoms with van der Waals surface area (Å²) >= 11 is 5.25. The van der Waals surface area contributed by atoms with Crippen LogP contribution >= 0.6 is 11.6 Å². The molecule has 0 aromatic heterocycles. The van der Waals surface area contributed by atoms with Crippen LogP contribution in [0.25, 0.3) is 0 Å². The van der Waals surface area contributed by atoms with Gasteiger partial charge in [-0.25, -0.2) is 4.79 Å². The maximum Gasteiger partial charge on any atom is 0.324 e. The van der Waals surface area contributed by atoms with Crippen LogP contribution in [-0.2, 0) is 9.59 Å². The molecule has 6 nitrogen and oxygen atoms in total. The molecule has 0 unspecified atom stereocenters. The van der Waals surface area contributed by atoms with Gasteiger partial charge in [0.05, 0.1) is 0 Å². The molecular formula is C10H16ClN3O3. The first kappa shape index (κ1) is 13.8. The number of nitrogens with zero attached hydrogens (tertiary/aromatic N) is 2. The Labute approximate surface area is 105 Å². The number of nitrogens with one attached hydrogen (secondary N) is 1. The summed E-state index contributed by atoms with van der Waals surface area (Å²) in [5.41, 5.74) is 0. The van der Waals surface area contributed by atoms with Gasteiger partial charge in [-0.3, -0.25) is 14.9 Å². The van der Waals surface area contributed by atoms with Gasteiger partial charge in [0.25, 0.3) is 0 Å². The molecule has 1 N–H and O–H groups in total. The van der Waals surface area contributed by atoms with Gasteiger partial charge >= 0.3 is 6.03 Å². The summed E-state index contributed by atoms with van der Waals surface area (Å²) in [7, 11) is 1.46. The molecule has 1 heterocycles. The zero-order chi connectivity index (χ0) is 12.8. The standard InChI is InChI=1S/C10H16ClN3O3/c1-13(10(17)12-8(15)6-11)7-9(16)14-4-2-3-5-14/h2-7H2,1H3,(H,12,15,17). The van der Waals surface area contributed by atoms with Crippen LogP contribution in [0.15, 0.2) is 0 Å². The highest BCUT2D eigenvalue weighted by Crippen LogP contribution is 2.07. The first-order valence-electron chi connectivity index (χ1n) is 5.43. The SMILES string of the molecule is CN(CC(=O)N1CCCC1)C(=O)NC(=O)CCl. The van der Waals surface area contributed by atoms with E-state index in [2.05, 4.69) is 5.32 Å². The smallest absolute Gasteiger partial charge is 0.324 e. The molecule has 4 amide bonds. The quantitative estimate of drug-likeness (QED) is 0.728. The lowest BCUT2D eigenvalue weighted by Crippen LogP contribution is -2.46. The number of halogens is 1. The second-order valence-electron chi connectivity index (χ2n) is 3.93. The van der Waals surface area contributed by atoms with Gasteiger partial charge in [-0.05, 0) is 12.8 Å². The number of hydrogen-bond donors (Lipinski definition) is 1. The Balaban J connectivity index is 2.36. The molecule has 0 radical (unpaired) electrons. The molecule has 0 spiro atoms. The van der Waals surface area contributed by atoms with E-state index in [9.17, 15) is 14.4 Å². The number of hydrogen-bond acceptors (Lipinski definition) is 3. The minimum atomic E-state index is -0.608. The van der Waals surface area contributed by atoms with Gasteiger partial charge in [-0.15, -0.1) is 11.6 Å². The van der Waals surface area contributed by atoms with Gasteiger partial charge in [0.1, 0.15) is 12.4 Å². The highest BCUT2D eigenvalue weighted by Gasteiger charge is 2.21. The minimum Gasteiger partial charge on any atom is -0.341 e. The Morgan fingerprint density at radius 2 is 1.88 bits per heavy atom. The van der Waals surface area contributed by atoms with Crippen molar-refractivity contribution in [2.75, 3.05) is 32.6 Å². The summed E-state index contributed by atoms with van der Waals surface area (Å²) in [5, 5.41) is 2.07. The van der Waals surface area contributed by atoms with Crippen LogP contribution in [-0.4, -0.2) is 60.2 Å². The van der Waals surface area contributed by atoms with Crippen molar-refractivity contribution >= 4 is 29.4 Å². The van der Waals surface area contributed by atoms with E-state index >= 15 is 0 Å². The molecule has 1 aliphatic rings. The number of alkyl halides is 1. The minimum absolute atomic E-state index is 0.0264. The number of likely N-dealkylation sites (N-methyl/N-ethyl adjacent to an activating group) is 1. The fraction of sp³-hybridized carbons (Fsp3) is 0.700. The van der Waals surface area contributed by atoms with Crippen molar-refractivity contribution in [2.24, 2.45) is 0 Å². The highest BCUT2D eigenvalue weighted by atomic mass is 35.5. The normalized spacial score (nSPS) is 14.6. The van der Waals surface area contributed by atoms with Crippen LogP contribution in [0, 0.1) is 0 Å². The third-order valence-electron chi connectivity index (χ3n) is 2.55. The molecule has 0 saturated carbocycles. The molecule has 0 bridgehead atoms. The highest BCUT2D eigenvalue weighted by molar-refractivity contribution is 6.28. The predicted molar refractivity (Wildman–Crippen MR) is 62.7 cm³/mol. The number of amides is 4. The van der Waals surface area contributed by atoms with Crippen molar-refractivity contribution in [2.45, 2.75) is 12.8 Å². The Morgan fingerprint density at radius 1 is 1.29 bits per heavy atom.